The zero-order valence-electron chi connectivity index (χ0n) is 15.8. The van der Waals surface area contributed by atoms with Gasteiger partial charge in [-0.2, -0.15) is 0 Å². The number of esters is 1. The van der Waals surface area contributed by atoms with Crippen molar-refractivity contribution in [3.05, 3.63) is 47.7 Å². The van der Waals surface area contributed by atoms with Crippen LogP contribution in [0.2, 0.25) is 0 Å². The number of anilines is 1. The van der Waals surface area contributed by atoms with Gasteiger partial charge in [0.2, 0.25) is 0 Å². The molecule has 0 atom stereocenters. The molecule has 0 saturated carbocycles. The molecule has 1 aliphatic rings. The molecule has 1 fully saturated rings. The summed E-state index contributed by atoms with van der Waals surface area (Å²) >= 11 is 0. The Morgan fingerprint density at radius 1 is 1.36 bits per heavy atom. The van der Waals surface area contributed by atoms with E-state index in [0.29, 0.717) is 18.7 Å². The first-order chi connectivity index (χ1) is 13.2. The van der Waals surface area contributed by atoms with Gasteiger partial charge in [0.05, 0.1) is 0 Å². The first-order valence-corrected chi connectivity index (χ1v) is 8.83. The highest BCUT2D eigenvalue weighted by Crippen LogP contribution is 2.35. The van der Waals surface area contributed by atoms with E-state index in [4.69, 9.17) is 15.9 Å². The summed E-state index contributed by atoms with van der Waals surface area (Å²) in [5.41, 5.74) is 5.88. The fraction of sp³-hybridized carbons (Fsp3) is 0.350. The van der Waals surface area contributed by atoms with Gasteiger partial charge in [-0.1, -0.05) is 32.0 Å². The van der Waals surface area contributed by atoms with Gasteiger partial charge in [-0.15, -0.1) is 0 Å². The zero-order chi connectivity index (χ0) is 20.5. The van der Waals surface area contributed by atoms with Gasteiger partial charge < -0.3 is 15.4 Å². The Bertz CT molecular complexity index is 922. The van der Waals surface area contributed by atoms with Crippen LogP contribution in [0.1, 0.15) is 25.8 Å². The molecule has 0 amide bonds. The Morgan fingerprint density at radius 2 is 2.07 bits per heavy atom. The second-order valence-electron chi connectivity index (χ2n) is 7.69. The van der Waals surface area contributed by atoms with E-state index in [-0.39, 0.29) is 41.2 Å². The summed E-state index contributed by atoms with van der Waals surface area (Å²) in [6.07, 6.45) is 1.08. The summed E-state index contributed by atoms with van der Waals surface area (Å²) in [7, 11) is 0. The molecule has 0 bridgehead atoms. The van der Waals surface area contributed by atoms with Crippen molar-refractivity contribution in [3.63, 3.8) is 0 Å². The Balaban J connectivity index is 1.77. The van der Waals surface area contributed by atoms with Gasteiger partial charge in [-0.3, -0.25) is 10.2 Å². The number of carbonyl (C=O) groups is 1. The monoisotopic (exact) mass is 388 g/mol. The van der Waals surface area contributed by atoms with Crippen LogP contribution in [-0.2, 0) is 16.1 Å². The second kappa shape index (κ2) is 7.53. The number of amidine groups is 1. The topological polar surface area (TPSA) is 92.3 Å². The molecule has 0 spiro atoms. The van der Waals surface area contributed by atoms with Gasteiger partial charge in [0.15, 0.2) is 11.6 Å². The number of hydrogen-bond donors (Lipinski definition) is 2. The molecular weight excluding hydrogens is 366 g/mol. The van der Waals surface area contributed by atoms with Crippen molar-refractivity contribution in [2.45, 2.75) is 26.9 Å². The summed E-state index contributed by atoms with van der Waals surface area (Å²) in [5.74, 6) is -1.90. The third-order valence-corrected chi connectivity index (χ3v) is 4.47. The summed E-state index contributed by atoms with van der Waals surface area (Å²) in [4.78, 5) is 17.5. The number of ether oxygens (including phenoxy) is 1. The van der Waals surface area contributed by atoms with Crippen LogP contribution in [0.5, 0.6) is 0 Å². The highest BCUT2D eigenvalue weighted by Gasteiger charge is 2.36. The minimum absolute atomic E-state index is 0.132. The normalized spacial score (nSPS) is 15.1. The van der Waals surface area contributed by atoms with Crippen LogP contribution >= 0.6 is 0 Å². The predicted octanol–water partition coefficient (Wildman–Crippen LogP) is 3.24. The van der Waals surface area contributed by atoms with Crippen molar-refractivity contribution < 1.29 is 18.3 Å². The van der Waals surface area contributed by atoms with Crippen LogP contribution in [0, 0.1) is 22.5 Å². The average molecular weight is 388 g/mol. The summed E-state index contributed by atoms with van der Waals surface area (Å²) < 4.78 is 34.3. The zero-order valence-corrected chi connectivity index (χ0v) is 15.8. The Hall–Kier alpha value is -3.03. The standard InChI is InChI=1S/C20H22F2N4O2/c1-20(2)10-26(11-20)19-15(21)6-13(8-25-19)14-5-3-4-12(18(14)22)9-28-17(27)7-16(23)24/h3-6,8H,7,9-11H2,1-2H3,(H3,23,24). The van der Waals surface area contributed by atoms with E-state index in [1.165, 1.54) is 24.4 Å². The maximum Gasteiger partial charge on any atom is 0.313 e. The molecule has 2 aromatic rings. The fourth-order valence-corrected chi connectivity index (χ4v) is 3.23. The molecule has 28 heavy (non-hydrogen) atoms. The van der Waals surface area contributed by atoms with Gasteiger partial charge in [0, 0.05) is 36.0 Å². The maximum absolute atomic E-state index is 14.8. The van der Waals surface area contributed by atoms with E-state index in [0.717, 1.165) is 0 Å². The SMILES string of the molecule is CC1(C)CN(c2ncc(-c3cccc(COC(=O)CC(=N)N)c3F)cc2F)C1. The number of pyridine rings is 1. The number of rotatable bonds is 6. The van der Waals surface area contributed by atoms with Crippen molar-refractivity contribution in [2.75, 3.05) is 18.0 Å². The lowest BCUT2D eigenvalue weighted by Gasteiger charge is -2.46. The molecule has 1 aromatic carbocycles. The Morgan fingerprint density at radius 3 is 2.68 bits per heavy atom. The molecule has 0 unspecified atom stereocenters. The smallest absolute Gasteiger partial charge is 0.313 e. The van der Waals surface area contributed by atoms with Gasteiger partial charge >= 0.3 is 5.97 Å². The van der Waals surface area contributed by atoms with Crippen LogP contribution in [-0.4, -0.2) is 29.9 Å². The molecule has 1 aliphatic heterocycles. The molecule has 8 heteroatoms. The fourth-order valence-electron chi connectivity index (χ4n) is 3.23. The van der Waals surface area contributed by atoms with E-state index in [1.54, 1.807) is 6.07 Å². The molecular formula is C20H22F2N4O2. The number of carbonyl (C=O) groups excluding carboxylic acids is 1. The summed E-state index contributed by atoms with van der Waals surface area (Å²) in [6, 6.07) is 5.84. The van der Waals surface area contributed by atoms with Crippen LogP contribution in [0.25, 0.3) is 11.1 Å². The maximum atomic E-state index is 14.8. The third kappa shape index (κ3) is 4.27. The lowest BCUT2D eigenvalue weighted by Crippen LogP contribution is -2.53. The predicted molar refractivity (Wildman–Crippen MR) is 102 cm³/mol. The first-order valence-electron chi connectivity index (χ1n) is 8.83. The molecule has 6 nitrogen and oxygen atoms in total. The van der Waals surface area contributed by atoms with Crippen molar-refractivity contribution in [3.8, 4) is 11.1 Å². The number of nitrogens with two attached hydrogens (primary N) is 1. The minimum Gasteiger partial charge on any atom is -0.460 e. The van der Waals surface area contributed by atoms with E-state index >= 15 is 0 Å². The number of halogens is 2. The number of aromatic nitrogens is 1. The molecule has 3 rings (SSSR count). The van der Waals surface area contributed by atoms with Crippen molar-refractivity contribution in [1.82, 2.24) is 4.98 Å². The molecule has 0 radical (unpaired) electrons. The summed E-state index contributed by atoms with van der Waals surface area (Å²) in [6.45, 7) is 5.32. The molecule has 1 saturated heterocycles. The minimum atomic E-state index is -0.716. The van der Waals surface area contributed by atoms with Gasteiger partial charge in [0.1, 0.15) is 24.7 Å². The van der Waals surface area contributed by atoms with Crippen LogP contribution in [0.15, 0.2) is 30.5 Å². The van der Waals surface area contributed by atoms with Crippen LogP contribution in [0.3, 0.4) is 0 Å². The first kappa shape index (κ1) is 19.7. The van der Waals surface area contributed by atoms with Crippen molar-refractivity contribution in [1.29, 1.82) is 5.41 Å². The Labute approximate surface area is 161 Å². The quantitative estimate of drug-likeness (QED) is 0.450. The van der Waals surface area contributed by atoms with Gasteiger partial charge in [0.25, 0.3) is 0 Å². The number of hydrogen-bond acceptors (Lipinski definition) is 5. The Kier molecular flexibility index (Phi) is 5.31. The van der Waals surface area contributed by atoms with Gasteiger partial charge in [-0.25, -0.2) is 13.8 Å². The largest absolute Gasteiger partial charge is 0.460 e. The van der Waals surface area contributed by atoms with Crippen molar-refractivity contribution in [2.24, 2.45) is 11.1 Å². The highest BCUT2D eigenvalue weighted by molar-refractivity contribution is 5.94. The average Bonchev–Trinajstić information content (AvgIpc) is 2.58. The third-order valence-electron chi connectivity index (χ3n) is 4.47. The molecule has 0 aliphatic carbocycles. The van der Waals surface area contributed by atoms with E-state index < -0.39 is 17.6 Å². The molecule has 3 N–H and O–H groups in total. The highest BCUT2D eigenvalue weighted by atomic mass is 19.1. The number of nitrogens with one attached hydrogen (secondary N) is 1. The van der Waals surface area contributed by atoms with Crippen LogP contribution in [0.4, 0.5) is 14.6 Å². The second-order valence-corrected chi connectivity index (χ2v) is 7.69. The van der Waals surface area contributed by atoms with E-state index in [2.05, 4.69) is 18.8 Å². The van der Waals surface area contributed by atoms with E-state index in [9.17, 15) is 13.6 Å². The summed E-state index contributed by atoms with van der Waals surface area (Å²) in [5, 5.41) is 7.06. The molecule has 1 aromatic heterocycles. The number of nitrogens with zero attached hydrogens (tertiary/aromatic N) is 2. The molecule has 148 valence electrons. The van der Waals surface area contributed by atoms with Gasteiger partial charge in [-0.05, 0) is 11.5 Å². The van der Waals surface area contributed by atoms with Crippen molar-refractivity contribution >= 4 is 17.6 Å². The lowest BCUT2D eigenvalue weighted by molar-refractivity contribution is -0.143. The number of benzene rings is 1. The molecule has 2 heterocycles. The lowest BCUT2D eigenvalue weighted by atomic mass is 9.84. The van der Waals surface area contributed by atoms with Crippen LogP contribution < -0.4 is 10.6 Å². The van der Waals surface area contributed by atoms with E-state index in [1.807, 2.05) is 4.90 Å².